The predicted molar refractivity (Wildman–Crippen MR) is 66.7 cm³/mol. The van der Waals surface area contributed by atoms with Crippen molar-refractivity contribution in [2.24, 2.45) is 5.73 Å². The Hall–Kier alpha value is -1.26. The van der Waals surface area contributed by atoms with Crippen LogP contribution < -0.4 is 10.5 Å². The van der Waals surface area contributed by atoms with Gasteiger partial charge in [-0.15, -0.1) is 0 Å². The lowest BCUT2D eigenvalue weighted by atomic mass is 9.92. The molecule has 0 aliphatic heterocycles. The van der Waals surface area contributed by atoms with Crippen molar-refractivity contribution >= 4 is 17.6 Å². The van der Waals surface area contributed by atoms with E-state index in [4.69, 9.17) is 27.2 Å². The maximum Gasteiger partial charge on any atom is 0.325 e. The van der Waals surface area contributed by atoms with Crippen LogP contribution in [0.1, 0.15) is 36.9 Å². The van der Waals surface area contributed by atoms with E-state index in [1.54, 1.807) is 12.1 Å². The van der Waals surface area contributed by atoms with Crippen molar-refractivity contribution in [2.45, 2.75) is 25.8 Å². The van der Waals surface area contributed by atoms with Crippen molar-refractivity contribution < 1.29 is 14.6 Å². The van der Waals surface area contributed by atoms with Gasteiger partial charge in [-0.3, -0.25) is 4.79 Å². The van der Waals surface area contributed by atoms with Gasteiger partial charge >= 0.3 is 5.97 Å². The molecule has 5 heteroatoms. The van der Waals surface area contributed by atoms with Crippen molar-refractivity contribution in [3.8, 4) is 5.75 Å². The highest BCUT2D eigenvalue weighted by atomic mass is 35.5. The lowest BCUT2D eigenvalue weighted by Gasteiger charge is -2.19. The van der Waals surface area contributed by atoms with Gasteiger partial charge in [-0.1, -0.05) is 25.4 Å². The van der Waals surface area contributed by atoms with E-state index in [1.807, 2.05) is 13.8 Å². The van der Waals surface area contributed by atoms with Gasteiger partial charge in [0.25, 0.3) is 0 Å². The molecule has 1 atom stereocenters. The number of aliphatic carboxylic acids is 1. The van der Waals surface area contributed by atoms with Crippen LogP contribution in [0.25, 0.3) is 0 Å². The SMILES string of the molecule is COc1cc(Cl)cc(C(N)C(=O)O)c1C(C)C. The topological polar surface area (TPSA) is 72.5 Å². The largest absolute Gasteiger partial charge is 0.496 e. The molecule has 0 spiro atoms. The van der Waals surface area contributed by atoms with Crippen molar-refractivity contribution in [1.82, 2.24) is 0 Å². The third kappa shape index (κ3) is 2.90. The van der Waals surface area contributed by atoms with Crippen molar-refractivity contribution in [2.75, 3.05) is 7.11 Å². The fourth-order valence-corrected chi connectivity index (χ4v) is 2.01. The van der Waals surface area contributed by atoms with Crippen LogP contribution in [0.5, 0.6) is 5.75 Å². The van der Waals surface area contributed by atoms with Gasteiger partial charge in [0, 0.05) is 10.6 Å². The third-order valence-electron chi connectivity index (χ3n) is 2.54. The second-order valence-corrected chi connectivity index (χ2v) is 4.52. The molecule has 0 amide bonds. The fraction of sp³-hybridized carbons (Fsp3) is 0.417. The molecule has 3 N–H and O–H groups in total. The third-order valence-corrected chi connectivity index (χ3v) is 2.76. The second kappa shape index (κ2) is 5.38. The summed E-state index contributed by atoms with van der Waals surface area (Å²) in [4.78, 5) is 11.0. The second-order valence-electron chi connectivity index (χ2n) is 4.08. The smallest absolute Gasteiger partial charge is 0.325 e. The minimum atomic E-state index is -1.10. The molecule has 1 aromatic carbocycles. The van der Waals surface area contributed by atoms with Crippen LogP contribution in [-0.4, -0.2) is 18.2 Å². The summed E-state index contributed by atoms with van der Waals surface area (Å²) >= 11 is 5.93. The van der Waals surface area contributed by atoms with E-state index in [9.17, 15) is 4.79 Å². The van der Waals surface area contributed by atoms with Gasteiger partial charge in [0.15, 0.2) is 0 Å². The molecule has 0 aliphatic carbocycles. The molecule has 4 nitrogen and oxygen atoms in total. The average Bonchev–Trinajstić information content (AvgIpc) is 2.25. The molecule has 0 saturated carbocycles. The number of benzene rings is 1. The molecular formula is C12H16ClNO3. The zero-order valence-corrected chi connectivity index (χ0v) is 10.8. The van der Waals surface area contributed by atoms with Crippen LogP contribution in [0.15, 0.2) is 12.1 Å². The van der Waals surface area contributed by atoms with E-state index >= 15 is 0 Å². The fourth-order valence-electron chi connectivity index (χ4n) is 1.79. The first-order valence-corrected chi connectivity index (χ1v) is 5.62. The van der Waals surface area contributed by atoms with Gasteiger partial charge in [-0.25, -0.2) is 0 Å². The van der Waals surface area contributed by atoms with Crippen LogP contribution in [0.4, 0.5) is 0 Å². The number of carboxylic acid groups (broad SMARTS) is 1. The van der Waals surface area contributed by atoms with Crippen LogP contribution in [0.2, 0.25) is 5.02 Å². The monoisotopic (exact) mass is 257 g/mol. The molecule has 94 valence electrons. The molecule has 1 aromatic rings. The van der Waals surface area contributed by atoms with Crippen LogP contribution in [-0.2, 0) is 4.79 Å². The number of halogens is 1. The van der Waals surface area contributed by atoms with Gasteiger partial charge in [0.05, 0.1) is 7.11 Å². The summed E-state index contributed by atoms with van der Waals surface area (Å²) in [7, 11) is 1.52. The van der Waals surface area contributed by atoms with E-state index in [1.165, 1.54) is 7.11 Å². The van der Waals surface area contributed by atoms with Crippen LogP contribution in [0.3, 0.4) is 0 Å². The Kier molecular flexibility index (Phi) is 4.37. The summed E-state index contributed by atoms with van der Waals surface area (Å²) < 4.78 is 5.23. The van der Waals surface area contributed by atoms with Crippen molar-refractivity contribution in [1.29, 1.82) is 0 Å². The minimum absolute atomic E-state index is 0.0996. The quantitative estimate of drug-likeness (QED) is 0.870. The zero-order valence-electron chi connectivity index (χ0n) is 10.0. The maximum absolute atomic E-state index is 11.0. The van der Waals surface area contributed by atoms with Crippen molar-refractivity contribution in [3.63, 3.8) is 0 Å². The van der Waals surface area contributed by atoms with Gasteiger partial charge in [-0.2, -0.15) is 0 Å². The summed E-state index contributed by atoms with van der Waals surface area (Å²) in [6.45, 7) is 3.90. The van der Waals surface area contributed by atoms with E-state index in [0.29, 0.717) is 16.3 Å². The summed E-state index contributed by atoms with van der Waals surface area (Å²) in [5.41, 5.74) is 6.94. The number of rotatable bonds is 4. The first-order valence-electron chi connectivity index (χ1n) is 5.24. The Balaban J connectivity index is 3.45. The van der Waals surface area contributed by atoms with Gasteiger partial charge < -0.3 is 15.6 Å². The first-order chi connectivity index (χ1) is 7.88. The predicted octanol–water partition coefficient (Wildman–Crippen LogP) is 2.56. The van der Waals surface area contributed by atoms with Gasteiger partial charge in [0.1, 0.15) is 11.8 Å². The van der Waals surface area contributed by atoms with Crippen molar-refractivity contribution in [3.05, 3.63) is 28.3 Å². The van der Waals surface area contributed by atoms with E-state index in [0.717, 1.165) is 5.56 Å². The average molecular weight is 258 g/mol. The Bertz CT molecular complexity index is 432. The molecule has 1 unspecified atom stereocenters. The lowest BCUT2D eigenvalue weighted by molar-refractivity contribution is -0.138. The van der Waals surface area contributed by atoms with Crippen LogP contribution >= 0.6 is 11.6 Å². The Morgan fingerprint density at radius 2 is 2.06 bits per heavy atom. The molecular weight excluding hydrogens is 242 g/mol. The number of methoxy groups -OCH3 is 1. The molecule has 0 heterocycles. The zero-order chi connectivity index (χ0) is 13.2. The van der Waals surface area contributed by atoms with E-state index in [2.05, 4.69) is 0 Å². The molecule has 0 fully saturated rings. The normalized spacial score (nSPS) is 12.6. The molecule has 0 saturated heterocycles. The minimum Gasteiger partial charge on any atom is -0.496 e. The summed E-state index contributed by atoms with van der Waals surface area (Å²) in [6, 6.07) is 2.15. The molecule has 0 aliphatic rings. The van der Waals surface area contributed by atoms with E-state index in [-0.39, 0.29) is 5.92 Å². The van der Waals surface area contributed by atoms with Gasteiger partial charge in [0.2, 0.25) is 0 Å². The highest BCUT2D eigenvalue weighted by Gasteiger charge is 2.23. The molecule has 1 rings (SSSR count). The molecule has 0 radical (unpaired) electrons. The van der Waals surface area contributed by atoms with Gasteiger partial charge in [-0.05, 0) is 23.6 Å². The maximum atomic E-state index is 11.0. The Labute approximate surface area is 105 Å². The molecule has 0 bridgehead atoms. The number of hydrogen-bond donors (Lipinski definition) is 2. The summed E-state index contributed by atoms with van der Waals surface area (Å²) in [5.74, 6) is -0.418. The summed E-state index contributed by atoms with van der Waals surface area (Å²) in [5, 5.41) is 9.40. The number of hydrogen-bond acceptors (Lipinski definition) is 3. The number of ether oxygens (including phenoxy) is 1. The first kappa shape index (κ1) is 13.8. The lowest BCUT2D eigenvalue weighted by Crippen LogP contribution is -2.22. The molecule has 17 heavy (non-hydrogen) atoms. The number of carboxylic acids is 1. The van der Waals surface area contributed by atoms with E-state index < -0.39 is 12.0 Å². The summed E-state index contributed by atoms with van der Waals surface area (Å²) in [6.07, 6.45) is 0. The number of nitrogens with two attached hydrogens (primary N) is 1. The standard InChI is InChI=1S/C12H16ClNO3/c1-6(2)10-8(11(14)12(15)16)4-7(13)5-9(10)17-3/h4-6,11H,14H2,1-3H3,(H,15,16). The van der Waals surface area contributed by atoms with Crippen LogP contribution in [0, 0.1) is 0 Å². The highest BCUT2D eigenvalue weighted by Crippen LogP contribution is 2.35. The number of carbonyl (C=O) groups is 1. The Morgan fingerprint density at radius 3 is 2.47 bits per heavy atom. The highest BCUT2D eigenvalue weighted by molar-refractivity contribution is 6.30. The molecule has 0 aromatic heterocycles. The Morgan fingerprint density at radius 1 is 1.47 bits per heavy atom.